The van der Waals surface area contributed by atoms with Crippen LogP contribution in [0.5, 0.6) is 0 Å². The number of aryl methyl sites for hydroxylation is 1. The van der Waals surface area contributed by atoms with Gasteiger partial charge in [-0.1, -0.05) is 6.07 Å². The van der Waals surface area contributed by atoms with Crippen LogP contribution >= 0.6 is 23.1 Å². The minimum Gasteiger partial charge on any atom is -0.348 e. The van der Waals surface area contributed by atoms with Crippen LogP contribution in [0.3, 0.4) is 0 Å². The number of fused-ring (bicyclic) bond motifs is 1. The maximum atomic E-state index is 12.6. The average molecular weight is 426 g/mol. The fourth-order valence-electron chi connectivity index (χ4n) is 3.33. The van der Waals surface area contributed by atoms with E-state index in [2.05, 4.69) is 19.0 Å². The van der Waals surface area contributed by atoms with Gasteiger partial charge in [0.1, 0.15) is 0 Å². The van der Waals surface area contributed by atoms with Gasteiger partial charge in [-0.15, -0.1) is 11.3 Å². The molecule has 0 spiro atoms. The second kappa shape index (κ2) is 8.62. The van der Waals surface area contributed by atoms with Crippen molar-refractivity contribution in [1.82, 2.24) is 23.9 Å². The summed E-state index contributed by atoms with van der Waals surface area (Å²) in [5.74, 6) is -0.252. The lowest BCUT2D eigenvalue weighted by atomic mass is 9.94. The van der Waals surface area contributed by atoms with E-state index in [0.29, 0.717) is 25.3 Å². The maximum absolute atomic E-state index is 12.6. The Hall–Kier alpha value is -2.91. The molecule has 0 saturated heterocycles. The molecule has 148 valence electrons. The SMILES string of the molecule is Cc1ncc2c(c1CNC(=O)/C=C/c1cccs1)CCN(C(=O)c1cnsn1)C2. The molecule has 4 heterocycles. The van der Waals surface area contributed by atoms with Crippen LogP contribution in [0.15, 0.2) is 36.0 Å². The first-order chi connectivity index (χ1) is 14.1. The topological polar surface area (TPSA) is 88.1 Å². The normalized spacial score (nSPS) is 13.5. The number of hydrogen-bond acceptors (Lipinski definition) is 7. The highest BCUT2D eigenvalue weighted by atomic mass is 32.1. The van der Waals surface area contributed by atoms with Gasteiger partial charge in [0.15, 0.2) is 5.69 Å². The molecule has 1 N–H and O–H groups in total. The largest absolute Gasteiger partial charge is 0.348 e. The molecular weight excluding hydrogens is 406 g/mol. The number of nitrogens with zero attached hydrogens (tertiary/aromatic N) is 4. The average Bonchev–Trinajstić information content (AvgIpc) is 3.44. The van der Waals surface area contributed by atoms with E-state index in [1.807, 2.05) is 36.7 Å². The fraction of sp³-hybridized carbons (Fsp3) is 0.250. The van der Waals surface area contributed by atoms with E-state index in [4.69, 9.17) is 0 Å². The number of carbonyl (C=O) groups is 2. The molecule has 0 saturated carbocycles. The summed E-state index contributed by atoms with van der Waals surface area (Å²) in [6.45, 7) is 3.45. The van der Waals surface area contributed by atoms with Gasteiger partial charge in [0.05, 0.1) is 17.9 Å². The Kier molecular flexibility index (Phi) is 5.77. The van der Waals surface area contributed by atoms with Gasteiger partial charge in [0.2, 0.25) is 5.91 Å². The number of carbonyl (C=O) groups excluding carboxylic acids is 2. The number of hydrogen-bond donors (Lipinski definition) is 1. The Morgan fingerprint density at radius 1 is 1.34 bits per heavy atom. The second-order valence-corrected chi connectivity index (χ2v) is 8.20. The molecule has 3 aromatic rings. The van der Waals surface area contributed by atoms with Gasteiger partial charge in [-0.3, -0.25) is 14.6 Å². The first-order valence-corrected chi connectivity index (χ1v) is 10.8. The zero-order chi connectivity index (χ0) is 20.2. The van der Waals surface area contributed by atoms with E-state index in [1.54, 1.807) is 22.3 Å². The van der Waals surface area contributed by atoms with Gasteiger partial charge in [-0.2, -0.15) is 8.75 Å². The van der Waals surface area contributed by atoms with Crippen molar-refractivity contribution in [3.05, 3.63) is 68.9 Å². The third-order valence-corrected chi connectivity index (χ3v) is 6.16. The van der Waals surface area contributed by atoms with Crippen LogP contribution in [0.4, 0.5) is 0 Å². The number of aromatic nitrogens is 3. The van der Waals surface area contributed by atoms with E-state index < -0.39 is 0 Å². The molecule has 1 aliphatic heterocycles. The summed E-state index contributed by atoms with van der Waals surface area (Å²) in [4.78, 5) is 32.0. The molecule has 0 aromatic carbocycles. The van der Waals surface area contributed by atoms with Crippen LogP contribution in [0.2, 0.25) is 0 Å². The number of amides is 2. The molecule has 1 aliphatic rings. The molecule has 0 radical (unpaired) electrons. The first-order valence-electron chi connectivity index (χ1n) is 9.14. The van der Waals surface area contributed by atoms with Gasteiger partial charge in [-0.05, 0) is 47.6 Å². The third-order valence-electron chi connectivity index (χ3n) is 4.84. The van der Waals surface area contributed by atoms with Crippen molar-refractivity contribution in [2.24, 2.45) is 0 Å². The summed E-state index contributed by atoms with van der Waals surface area (Å²) in [7, 11) is 0. The van der Waals surface area contributed by atoms with Crippen LogP contribution < -0.4 is 5.32 Å². The predicted molar refractivity (Wildman–Crippen MR) is 113 cm³/mol. The summed E-state index contributed by atoms with van der Waals surface area (Å²) in [6, 6.07) is 3.91. The Balaban J connectivity index is 1.45. The molecule has 0 aliphatic carbocycles. The Bertz CT molecular complexity index is 1050. The van der Waals surface area contributed by atoms with Crippen molar-refractivity contribution in [3.8, 4) is 0 Å². The molecule has 0 fully saturated rings. The fourth-order valence-corrected chi connectivity index (χ4v) is 4.35. The molecule has 4 rings (SSSR count). The summed E-state index contributed by atoms with van der Waals surface area (Å²) in [5, 5.41) is 4.92. The monoisotopic (exact) mass is 425 g/mol. The number of thiophene rings is 1. The lowest BCUT2D eigenvalue weighted by Crippen LogP contribution is -2.37. The number of nitrogens with one attached hydrogen (secondary N) is 1. The van der Waals surface area contributed by atoms with E-state index >= 15 is 0 Å². The quantitative estimate of drug-likeness (QED) is 0.635. The lowest BCUT2D eigenvalue weighted by molar-refractivity contribution is -0.116. The first kappa shape index (κ1) is 19.4. The standard InChI is InChI=1S/C20H19N5O2S2/c1-13-17(10-22-19(26)5-4-15-3-2-8-28-15)16-6-7-25(12-14(16)9-21-13)20(27)18-11-23-29-24-18/h2-5,8-9,11H,6-7,10,12H2,1H3,(H,22,26)/b5-4+. The van der Waals surface area contributed by atoms with Crippen molar-refractivity contribution < 1.29 is 9.59 Å². The highest BCUT2D eigenvalue weighted by Crippen LogP contribution is 2.25. The summed E-state index contributed by atoms with van der Waals surface area (Å²) in [6.07, 6.45) is 7.40. The van der Waals surface area contributed by atoms with Gasteiger partial charge in [-0.25, -0.2) is 0 Å². The Morgan fingerprint density at radius 2 is 2.24 bits per heavy atom. The number of pyridine rings is 1. The summed E-state index contributed by atoms with van der Waals surface area (Å²) >= 11 is 2.61. The lowest BCUT2D eigenvalue weighted by Gasteiger charge is -2.30. The second-order valence-electron chi connectivity index (χ2n) is 6.66. The van der Waals surface area contributed by atoms with E-state index in [-0.39, 0.29) is 11.8 Å². The van der Waals surface area contributed by atoms with Crippen LogP contribution in [-0.2, 0) is 24.3 Å². The van der Waals surface area contributed by atoms with Gasteiger partial charge in [0, 0.05) is 42.5 Å². The van der Waals surface area contributed by atoms with E-state index in [9.17, 15) is 9.59 Å². The molecule has 9 heteroatoms. The zero-order valence-corrected chi connectivity index (χ0v) is 17.4. The van der Waals surface area contributed by atoms with E-state index in [0.717, 1.165) is 39.8 Å². The molecule has 7 nitrogen and oxygen atoms in total. The smallest absolute Gasteiger partial charge is 0.275 e. The van der Waals surface area contributed by atoms with Gasteiger partial charge >= 0.3 is 0 Å². The van der Waals surface area contributed by atoms with Gasteiger partial charge < -0.3 is 10.2 Å². The minimum atomic E-state index is -0.140. The van der Waals surface area contributed by atoms with Crippen LogP contribution in [0, 0.1) is 6.92 Å². The van der Waals surface area contributed by atoms with Crippen molar-refractivity contribution in [1.29, 1.82) is 0 Å². The highest BCUT2D eigenvalue weighted by molar-refractivity contribution is 7.10. The molecule has 0 bridgehead atoms. The van der Waals surface area contributed by atoms with Crippen molar-refractivity contribution in [3.63, 3.8) is 0 Å². The Morgan fingerprint density at radius 3 is 3.00 bits per heavy atom. The van der Waals surface area contributed by atoms with Crippen LogP contribution in [-0.4, -0.2) is 37.0 Å². The molecule has 0 atom stereocenters. The predicted octanol–water partition coefficient (Wildman–Crippen LogP) is 2.83. The molecule has 3 aromatic heterocycles. The number of rotatable bonds is 5. The Labute approximate surface area is 176 Å². The van der Waals surface area contributed by atoms with Crippen LogP contribution in [0.1, 0.15) is 37.7 Å². The van der Waals surface area contributed by atoms with Gasteiger partial charge in [0.25, 0.3) is 5.91 Å². The van der Waals surface area contributed by atoms with Crippen molar-refractivity contribution in [2.45, 2.75) is 26.4 Å². The van der Waals surface area contributed by atoms with Crippen molar-refractivity contribution in [2.75, 3.05) is 6.54 Å². The van der Waals surface area contributed by atoms with E-state index in [1.165, 1.54) is 11.8 Å². The highest BCUT2D eigenvalue weighted by Gasteiger charge is 2.25. The summed E-state index contributed by atoms with van der Waals surface area (Å²) in [5.41, 5.74) is 4.48. The molecule has 0 unspecified atom stereocenters. The zero-order valence-electron chi connectivity index (χ0n) is 15.8. The molecule has 29 heavy (non-hydrogen) atoms. The molecule has 2 amide bonds. The van der Waals surface area contributed by atoms with Crippen LogP contribution in [0.25, 0.3) is 6.08 Å². The van der Waals surface area contributed by atoms with Crippen molar-refractivity contribution >= 4 is 41.0 Å². The minimum absolute atomic E-state index is 0.112. The summed E-state index contributed by atoms with van der Waals surface area (Å²) < 4.78 is 7.94. The molecular formula is C20H19N5O2S2. The third kappa shape index (κ3) is 4.41. The maximum Gasteiger partial charge on any atom is 0.275 e.